The fourth-order valence-corrected chi connectivity index (χ4v) is 3.29. The van der Waals surface area contributed by atoms with Crippen LogP contribution in [-0.4, -0.2) is 23.3 Å². The van der Waals surface area contributed by atoms with E-state index in [-0.39, 0.29) is 11.8 Å². The Bertz CT molecular complexity index is 695. The molecule has 0 unspecified atom stereocenters. The third-order valence-electron chi connectivity index (χ3n) is 3.88. The van der Waals surface area contributed by atoms with Gasteiger partial charge >= 0.3 is 0 Å². The highest BCUT2D eigenvalue weighted by Crippen LogP contribution is 2.23. The van der Waals surface area contributed by atoms with Gasteiger partial charge in [-0.2, -0.15) is 0 Å². The Morgan fingerprint density at radius 2 is 2.14 bits per heavy atom. The second-order valence-corrected chi connectivity index (χ2v) is 6.28. The molecular weight excluding hydrogens is 296 g/mol. The minimum absolute atomic E-state index is 0.0905. The Kier molecular flexibility index (Phi) is 4.24. The summed E-state index contributed by atoms with van der Waals surface area (Å²) in [5, 5.41) is 4.81. The largest absolute Gasteiger partial charge is 0.338 e. The van der Waals surface area contributed by atoms with Gasteiger partial charge < -0.3 is 10.2 Å². The molecule has 1 N–H and O–H groups in total. The van der Waals surface area contributed by atoms with Crippen molar-refractivity contribution in [1.82, 2.24) is 4.90 Å². The lowest BCUT2D eigenvalue weighted by Gasteiger charge is -2.29. The third kappa shape index (κ3) is 3.04. The fraction of sp³-hybridized carbons (Fsp3) is 0.294. The van der Waals surface area contributed by atoms with Crippen LogP contribution in [0.4, 0.5) is 5.69 Å². The number of rotatable bonds is 3. The van der Waals surface area contributed by atoms with E-state index in [0.29, 0.717) is 17.8 Å². The van der Waals surface area contributed by atoms with Crippen molar-refractivity contribution in [3.63, 3.8) is 0 Å². The van der Waals surface area contributed by atoms with Crippen molar-refractivity contribution in [3.05, 3.63) is 51.7 Å². The summed E-state index contributed by atoms with van der Waals surface area (Å²) in [5.41, 5.74) is 3.16. The predicted molar refractivity (Wildman–Crippen MR) is 88.1 cm³/mol. The van der Waals surface area contributed by atoms with Crippen LogP contribution < -0.4 is 5.32 Å². The van der Waals surface area contributed by atoms with Gasteiger partial charge in [0.2, 0.25) is 5.91 Å². The Labute approximate surface area is 133 Å². The molecule has 0 saturated heterocycles. The molecule has 2 aromatic rings. The number of nitrogens with zero attached hydrogens (tertiary/aromatic N) is 1. The van der Waals surface area contributed by atoms with Crippen LogP contribution in [0.1, 0.15) is 34.1 Å². The van der Waals surface area contributed by atoms with E-state index < -0.39 is 0 Å². The van der Waals surface area contributed by atoms with Crippen LogP contribution in [0, 0.1) is 0 Å². The van der Waals surface area contributed by atoms with E-state index in [4.69, 9.17) is 0 Å². The van der Waals surface area contributed by atoms with E-state index in [9.17, 15) is 9.59 Å². The first-order chi connectivity index (χ1) is 10.7. The molecule has 1 aromatic heterocycles. The van der Waals surface area contributed by atoms with E-state index >= 15 is 0 Å². The topological polar surface area (TPSA) is 49.4 Å². The molecule has 0 atom stereocenters. The Morgan fingerprint density at radius 1 is 1.27 bits per heavy atom. The molecule has 0 fully saturated rings. The minimum Gasteiger partial charge on any atom is -0.338 e. The highest BCUT2D eigenvalue weighted by Gasteiger charge is 2.20. The number of benzene rings is 1. The summed E-state index contributed by atoms with van der Waals surface area (Å²) >= 11 is 1.42. The number of amides is 2. The van der Waals surface area contributed by atoms with E-state index in [0.717, 1.165) is 24.2 Å². The lowest BCUT2D eigenvalue weighted by atomic mass is 9.99. The second-order valence-electron chi connectivity index (χ2n) is 5.33. The van der Waals surface area contributed by atoms with Crippen molar-refractivity contribution in [3.8, 4) is 0 Å². The van der Waals surface area contributed by atoms with Crippen LogP contribution in [0.2, 0.25) is 0 Å². The van der Waals surface area contributed by atoms with Gasteiger partial charge in [0, 0.05) is 25.2 Å². The SMILES string of the molecule is CCC(=O)N1CCc2ccc(NC(=O)c3cccs3)cc2C1. The lowest BCUT2D eigenvalue weighted by Crippen LogP contribution is -2.35. The highest BCUT2D eigenvalue weighted by molar-refractivity contribution is 7.12. The smallest absolute Gasteiger partial charge is 0.265 e. The quantitative estimate of drug-likeness (QED) is 0.945. The van der Waals surface area contributed by atoms with E-state index in [1.54, 1.807) is 6.07 Å². The summed E-state index contributed by atoms with van der Waals surface area (Å²) in [4.78, 5) is 26.5. The Hall–Kier alpha value is -2.14. The van der Waals surface area contributed by atoms with E-state index in [2.05, 4.69) is 5.32 Å². The van der Waals surface area contributed by atoms with Crippen LogP contribution in [0.5, 0.6) is 0 Å². The van der Waals surface area contributed by atoms with Crippen molar-refractivity contribution in [2.24, 2.45) is 0 Å². The molecule has 4 nitrogen and oxygen atoms in total. The molecule has 2 heterocycles. The van der Waals surface area contributed by atoms with Gasteiger partial charge in [-0.25, -0.2) is 0 Å². The van der Waals surface area contributed by atoms with E-state index in [1.807, 2.05) is 41.5 Å². The van der Waals surface area contributed by atoms with Gasteiger partial charge in [-0.3, -0.25) is 9.59 Å². The van der Waals surface area contributed by atoms with Crippen LogP contribution in [0.25, 0.3) is 0 Å². The zero-order chi connectivity index (χ0) is 15.5. The molecule has 3 rings (SSSR count). The molecule has 22 heavy (non-hydrogen) atoms. The zero-order valence-corrected chi connectivity index (χ0v) is 13.3. The van der Waals surface area contributed by atoms with Crippen LogP contribution in [0.3, 0.4) is 0 Å². The van der Waals surface area contributed by atoms with Crippen LogP contribution in [0.15, 0.2) is 35.7 Å². The maximum atomic E-state index is 12.1. The third-order valence-corrected chi connectivity index (χ3v) is 4.75. The zero-order valence-electron chi connectivity index (χ0n) is 12.5. The molecular formula is C17H18N2O2S. The van der Waals surface area contributed by atoms with Gasteiger partial charge in [-0.05, 0) is 41.1 Å². The highest BCUT2D eigenvalue weighted by atomic mass is 32.1. The minimum atomic E-state index is -0.0905. The van der Waals surface area contributed by atoms with Gasteiger partial charge in [-0.15, -0.1) is 11.3 Å². The monoisotopic (exact) mass is 314 g/mol. The van der Waals surface area contributed by atoms with Crippen molar-refractivity contribution >= 4 is 28.8 Å². The maximum Gasteiger partial charge on any atom is 0.265 e. The molecule has 0 saturated carbocycles. The summed E-state index contributed by atoms with van der Waals surface area (Å²) in [6.45, 7) is 3.29. The van der Waals surface area contributed by atoms with Gasteiger partial charge in [0.05, 0.1) is 4.88 Å². The van der Waals surface area contributed by atoms with Gasteiger partial charge in [0.25, 0.3) is 5.91 Å². The molecule has 1 aromatic carbocycles. The summed E-state index contributed by atoms with van der Waals surface area (Å²) in [6, 6.07) is 9.63. The van der Waals surface area contributed by atoms with Crippen LogP contribution in [-0.2, 0) is 17.8 Å². The van der Waals surface area contributed by atoms with Crippen molar-refractivity contribution in [1.29, 1.82) is 0 Å². The molecule has 2 amide bonds. The number of nitrogens with one attached hydrogen (secondary N) is 1. The Balaban J connectivity index is 1.76. The first-order valence-electron chi connectivity index (χ1n) is 7.42. The van der Waals surface area contributed by atoms with Crippen LogP contribution >= 0.6 is 11.3 Å². The molecule has 0 bridgehead atoms. The molecule has 0 radical (unpaired) electrons. The first-order valence-corrected chi connectivity index (χ1v) is 8.29. The molecule has 1 aliphatic heterocycles. The van der Waals surface area contributed by atoms with Crippen molar-refractivity contribution in [2.45, 2.75) is 26.3 Å². The average Bonchev–Trinajstić information content (AvgIpc) is 3.08. The van der Waals surface area contributed by atoms with Gasteiger partial charge in [0.1, 0.15) is 0 Å². The van der Waals surface area contributed by atoms with E-state index in [1.165, 1.54) is 16.9 Å². The lowest BCUT2D eigenvalue weighted by molar-refractivity contribution is -0.131. The van der Waals surface area contributed by atoms with Gasteiger partial charge in [0.15, 0.2) is 0 Å². The number of carbonyl (C=O) groups is 2. The molecule has 114 valence electrons. The normalized spacial score (nSPS) is 13.6. The summed E-state index contributed by atoms with van der Waals surface area (Å²) < 4.78 is 0. The number of hydrogen-bond donors (Lipinski definition) is 1. The molecule has 5 heteroatoms. The second kappa shape index (κ2) is 6.32. The first kappa shape index (κ1) is 14.8. The van der Waals surface area contributed by atoms with Crippen molar-refractivity contribution in [2.75, 3.05) is 11.9 Å². The maximum absolute atomic E-state index is 12.1. The number of carbonyl (C=O) groups excluding carboxylic acids is 2. The number of thiophene rings is 1. The fourth-order valence-electron chi connectivity index (χ4n) is 2.67. The molecule has 1 aliphatic rings. The summed E-state index contributed by atoms with van der Waals surface area (Å²) in [5.74, 6) is 0.0888. The summed E-state index contributed by atoms with van der Waals surface area (Å²) in [7, 11) is 0. The molecule has 0 aliphatic carbocycles. The van der Waals surface area contributed by atoms with Crippen molar-refractivity contribution < 1.29 is 9.59 Å². The summed E-state index contributed by atoms with van der Waals surface area (Å²) in [6.07, 6.45) is 1.41. The standard InChI is InChI=1S/C17H18N2O2S/c1-2-16(20)19-8-7-12-5-6-14(10-13(12)11-19)18-17(21)15-4-3-9-22-15/h3-6,9-10H,2,7-8,11H2,1H3,(H,18,21). The molecule has 0 spiro atoms. The van der Waals surface area contributed by atoms with Gasteiger partial charge in [-0.1, -0.05) is 19.1 Å². The predicted octanol–water partition coefficient (Wildman–Crippen LogP) is 3.30. The Morgan fingerprint density at radius 3 is 2.86 bits per heavy atom. The number of fused-ring (bicyclic) bond motifs is 1. The number of hydrogen-bond acceptors (Lipinski definition) is 3. The average molecular weight is 314 g/mol. The number of anilines is 1.